The Morgan fingerprint density at radius 1 is 1.28 bits per heavy atom. The summed E-state index contributed by atoms with van der Waals surface area (Å²) in [6, 6.07) is 0. The van der Waals surface area contributed by atoms with Gasteiger partial charge in [-0.25, -0.2) is 9.97 Å². The fourth-order valence-corrected chi connectivity index (χ4v) is 3.24. The van der Waals surface area contributed by atoms with Crippen LogP contribution in [-0.4, -0.2) is 54.0 Å². The number of likely N-dealkylation sites (tertiary alicyclic amines) is 1. The number of methoxy groups -OCH3 is 2. The Bertz CT molecular complexity index is 625. The summed E-state index contributed by atoms with van der Waals surface area (Å²) in [5.74, 6) is 0.0429. The zero-order chi connectivity index (χ0) is 18.6. The van der Waals surface area contributed by atoms with Gasteiger partial charge in [0, 0.05) is 18.5 Å². The number of ether oxygens (including phenoxy) is 2. The molecule has 1 aromatic heterocycles. The van der Waals surface area contributed by atoms with E-state index in [-0.39, 0.29) is 35.1 Å². The lowest BCUT2D eigenvalue weighted by Gasteiger charge is -2.36. The fourth-order valence-electron chi connectivity index (χ4n) is 3.24. The first-order valence-electron chi connectivity index (χ1n) is 8.32. The average molecular weight is 350 g/mol. The van der Waals surface area contributed by atoms with Crippen molar-refractivity contribution in [2.24, 2.45) is 17.1 Å². The van der Waals surface area contributed by atoms with Gasteiger partial charge in [-0.05, 0) is 25.2 Å². The van der Waals surface area contributed by atoms with E-state index in [1.54, 1.807) is 4.90 Å². The van der Waals surface area contributed by atoms with E-state index < -0.39 is 5.41 Å². The smallest absolute Gasteiger partial charge is 0.264 e. The van der Waals surface area contributed by atoms with Crippen molar-refractivity contribution in [2.45, 2.75) is 33.1 Å². The third-order valence-corrected chi connectivity index (χ3v) is 4.65. The zero-order valence-corrected chi connectivity index (χ0v) is 15.2. The van der Waals surface area contributed by atoms with E-state index in [1.807, 2.05) is 13.8 Å². The molecule has 1 aliphatic rings. The van der Waals surface area contributed by atoms with Crippen molar-refractivity contribution >= 4 is 11.8 Å². The molecule has 0 radical (unpaired) electrons. The number of aromatic nitrogens is 2. The molecule has 0 bridgehead atoms. The highest BCUT2D eigenvalue weighted by Gasteiger charge is 2.34. The Labute approximate surface area is 147 Å². The number of carbonyl (C=O) groups is 2. The van der Waals surface area contributed by atoms with Crippen LogP contribution >= 0.6 is 0 Å². The van der Waals surface area contributed by atoms with Crippen LogP contribution in [-0.2, 0) is 4.79 Å². The van der Waals surface area contributed by atoms with E-state index in [0.29, 0.717) is 19.5 Å². The van der Waals surface area contributed by atoms with Gasteiger partial charge in [0.05, 0.1) is 14.2 Å². The zero-order valence-electron chi connectivity index (χ0n) is 15.2. The Hall–Kier alpha value is -2.38. The monoisotopic (exact) mass is 350 g/mol. The van der Waals surface area contributed by atoms with Crippen LogP contribution in [0, 0.1) is 11.3 Å². The molecule has 0 aromatic carbocycles. The average Bonchev–Trinajstić information content (AvgIpc) is 2.60. The van der Waals surface area contributed by atoms with Crippen molar-refractivity contribution < 1.29 is 19.1 Å². The topological polar surface area (TPSA) is 108 Å². The molecule has 0 aliphatic carbocycles. The minimum Gasteiger partial charge on any atom is -0.480 e. The molecule has 0 saturated carbocycles. The molecule has 1 saturated heterocycles. The van der Waals surface area contributed by atoms with Gasteiger partial charge >= 0.3 is 0 Å². The van der Waals surface area contributed by atoms with Crippen LogP contribution in [0.4, 0.5) is 0 Å². The van der Waals surface area contributed by atoms with E-state index in [0.717, 1.165) is 12.8 Å². The lowest BCUT2D eigenvalue weighted by molar-refractivity contribution is -0.127. The first kappa shape index (κ1) is 19.0. The Morgan fingerprint density at radius 3 is 2.40 bits per heavy atom. The van der Waals surface area contributed by atoms with E-state index in [9.17, 15) is 9.59 Å². The Morgan fingerprint density at radius 2 is 1.88 bits per heavy atom. The van der Waals surface area contributed by atoms with Gasteiger partial charge in [-0.2, -0.15) is 0 Å². The summed E-state index contributed by atoms with van der Waals surface area (Å²) in [7, 11) is 2.90. The summed E-state index contributed by atoms with van der Waals surface area (Å²) in [6.45, 7) is 4.87. The van der Waals surface area contributed by atoms with Crippen LogP contribution in [0.15, 0.2) is 6.33 Å². The minimum atomic E-state index is -0.595. The first-order chi connectivity index (χ1) is 11.8. The van der Waals surface area contributed by atoms with Gasteiger partial charge in [-0.15, -0.1) is 0 Å². The number of nitrogens with two attached hydrogens (primary N) is 1. The summed E-state index contributed by atoms with van der Waals surface area (Å²) in [5, 5.41) is 0. The van der Waals surface area contributed by atoms with E-state index in [4.69, 9.17) is 15.2 Å². The second-order valence-corrected chi connectivity index (χ2v) is 6.98. The molecular formula is C17H26N4O4. The molecule has 1 atom stereocenters. The van der Waals surface area contributed by atoms with Gasteiger partial charge in [-0.1, -0.05) is 13.8 Å². The summed E-state index contributed by atoms with van der Waals surface area (Å²) in [6.07, 6.45) is 3.76. The molecule has 8 heteroatoms. The molecule has 1 aliphatic heterocycles. The minimum absolute atomic E-state index is 0.191. The van der Waals surface area contributed by atoms with Crippen molar-refractivity contribution in [2.75, 3.05) is 27.3 Å². The SMILES string of the molecule is COc1ncnc(OC)c1C(=O)N1CCCC(CC(C)(C)C(N)=O)C1. The molecule has 2 rings (SSSR count). The molecule has 2 amide bonds. The van der Waals surface area contributed by atoms with Gasteiger partial charge in [0.2, 0.25) is 17.7 Å². The number of carbonyl (C=O) groups excluding carboxylic acids is 2. The van der Waals surface area contributed by atoms with Gasteiger partial charge < -0.3 is 20.1 Å². The number of nitrogens with zero attached hydrogens (tertiary/aromatic N) is 3. The van der Waals surface area contributed by atoms with E-state index in [1.165, 1.54) is 20.5 Å². The molecule has 138 valence electrons. The third-order valence-electron chi connectivity index (χ3n) is 4.65. The summed E-state index contributed by atoms with van der Waals surface area (Å²) < 4.78 is 10.4. The standard InChI is InChI=1S/C17H26N4O4/c1-17(2,16(18)23)8-11-6-5-7-21(9-11)15(22)12-13(24-3)19-10-20-14(12)25-4/h10-11H,5-9H2,1-4H3,(H2,18,23). The first-order valence-corrected chi connectivity index (χ1v) is 8.32. The lowest BCUT2D eigenvalue weighted by atomic mass is 9.79. The van der Waals surface area contributed by atoms with E-state index >= 15 is 0 Å². The number of amides is 2. The van der Waals surface area contributed by atoms with Crippen molar-refractivity contribution in [1.29, 1.82) is 0 Å². The molecule has 1 unspecified atom stereocenters. The maximum absolute atomic E-state index is 13.0. The second kappa shape index (κ2) is 7.67. The predicted molar refractivity (Wildman–Crippen MR) is 91.4 cm³/mol. The highest BCUT2D eigenvalue weighted by atomic mass is 16.5. The number of piperidine rings is 1. The lowest BCUT2D eigenvalue weighted by Crippen LogP contribution is -2.43. The molecule has 0 spiro atoms. The van der Waals surface area contributed by atoms with Crippen LogP contribution in [0.5, 0.6) is 11.8 Å². The highest BCUT2D eigenvalue weighted by molar-refractivity contribution is 5.98. The van der Waals surface area contributed by atoms with Crippen molar-refractivity contribution in [3.05, 3.63) is 11.9 Å². The third kappa shape index (κ3) is 4.18. The molecule has 2 N–H and O–H groups in total. The largest absolute Gasteiger partial charge is 0.480 e. The highest BCUT2D eigenvalue weighted by Crippen LogP contribution is 2.32. The summed E-state index contributed by atoms with van der Waals surface area (Å²) >= 11 is 0. The Kier molecular flexibility index (Phi) is 5.81. The van der Waals surface area contributed by atoms with Gasteiger partial charge in [0.15, 0.2) is 5.56 Å². The molecule has 2 heterocycles. The fraction of sp³-hybridized carbons (Fsp3) is 0.647. The molecule has 1 fully saturated rings. The number of hydrogen-bond acceptors (Lipinski definition) is 6. The van der Waals surface area contributed by atoms with Crippen LogP contribution in [0.2, 0.25) is 0 Å². The number of rotatable bonds is 6. The van der Waals surface area contributed by atoms with Crippen LogP contribution in [0.3, 0.4) is 0 Å². The molecular weight excluding hydrogens is 324 g/mol. The van der Waals surface area contributed by atoms with Crippen molar-refractivity contribution in [3.8, 4) is 11.8 Å². The van der Waals surface area contributed by atoms with Crippen LogP contribution in [0.1, 0.15) is 43.5 Å². The van der Waals surface area contributed by atoms with Crippen LogP contribution < -0.4 is 15.2 Å². The quantitative estimate of drug-likeness (QED) is 0.827. The maximum Gasteiger partial charge on any atom is 0.264 e. The van der Waals surface area contributed by atoms with E-state index in [2.05, 4.69) is 9.97 Å². The number of primary amides is 1. The second-order valence-electron chi connectivity index (χ2n) is 6.98. The summed E-state index contributed by atoms with van der Waals surface area (Å²) in [5.41, 5.74) is 5.11. The van der Waals surface area contributed by atoms with Crippen molar-refractivity contribution in [3.63, 3.8) is 0 Å². The molecule has 8 nitrogen and oxygen atoms in total. The normalized spacial score (nSPS) is 17.9. The maximum atomic E-state index is 13.0. The van der Waals surface area contributed by atoms with Crippen molar-refractivity contribution in [1.82, 2.24) is 14.9 Å². The molecule has 25 heavy (non-hydrogen) atoms. The van der Waals surface area contributed by atoms with Gasteiger partial charge in [0.25, 0.3) is 5.91 Å². The predicted octanol–water partition coefficient (Wildman–Crippen LogP) is 1.25. The number of hydrogen-bond donors (Lipinski definition) is 1. The Balaban J connectivity index is 2.19. The molecule has 1 aromatic rings. The van der Waals surface area contributed by atoms with Crippen LogP contribution in [0.25, 0.3) is 0 Å². The van der Waals surface area contributed by atoms with Gasteiger partial charge in [-0.3, -0.25) is 9.59 Å². The van der Waals surface area contributed by atoms with Gasteiger partial charge in [0.1, 0.15) is 6.33 Å². The summed E-state index contributed by atoms with van der Waals surface area (Å²) in [4.78, 5) is 34.3.